The Hall–Kier alpha value is -2.14. The molecule has 0 unspecified atom stereocenters. The minimum atomic E-state index is -0.793. The topological polar surface area (TPSA) is 67.2 Å². The SMILES string of the molecule is CC(C)C[C@H](NCc1ccc(-n2ccnc2)cc1)C(=O)O. The van der Waals surface area contributed by atoms with Gasteiger partial charge in [0.2, 0.25) is 0 Å². The molecule has 2 rings (SSSR count). The number of hydrogen-bond acceptors (Lipinski definition) is 3. The van der Waals surface area contributed by atoms with Crippen LogP contribution in [0.5, 0.6) is 0 Å². The first-order valence-electron chi connectivity index (χ1n) is 7.09. The molecule has 0 spiro atoms. The first-order chi connectivity index (χ1) is 10.1. The molecule has 0 radical (unpaired) electrons. The predicted molar refractivity (Wildman–Crippen MR) is 81.3 cm³/mol. The van der Waals surface area contributed by atoms with Gasteiger partial charge in [-0.2, -0.15) is 0 Å². The summed E-state index contributed by atoms with van der Waals surface area (Å²) in [6.07, 6.45) is 5.99. The number of carboxylic acid groups (broad SMARTS) is 1. The van der Waals surface area contributed by atoms with Gasteiger partial charge in [0, 0.05) is 24.6 Å². The second kappa shape index (κ2) is 7.04. The maximum Gasteiger partial charge on any atom is 0.320 e. The van der Waals surface area contributed by atoms with Crippen LogP contribution in [0.25, 0.3) is 5.69 Å². The molecular weight excluding hydrogens is 266 g/mol. The van der Waals surface area contributed by atoms with Gasteiger partial charge in [-0.05, 0) is 30.0 Å². The van der Waals surface area contributed by atoms with Gasteiger partial charge in [-0.3, -0.25) is 4.79 Å². The van der Waals surface area contributed by atoms with Crippen LogP contribution >= 0.6 is 0 Å². The van der Waals surface area contributed by atoms with E-state index in [-0.39, 0.29) is 0 Å². The molecule has 5 nitrogen and oxygen atoms in total. The van der Waals surface area contributed by atoms with E-state index >= 15 is 0 Å². The fraction of sp³-hybridized carbons (Fsp3) is 0.375. The van der Waals surface area contributed by atoms with Gasteiger partial charge in [-0.1, -0.05) is 26.0 Å². The van der Waals surface area contributed by atoms with E-state index in [0.29, 0.717) is 18.9 Å². The molecule has 0 amide bonds. The highest BCUT2D eigenvalue weighted by Gasteiger charge is 2.17. The van der Waals surface area contributed by atoms with E-state index in [1.165, 1.54) is 0 Å². The van der Waals surface area contributed by atoms with Crippen molar-refractivity contribution in [2.45, 2.75) is 32.9 Å². The number of hydrogen-bond donors (Lipinski definition) is 2. The summed E-state index contributed by atoms with van der Waals surface area (Å²) in [6.45, 7) is 4.60. The van der Waals surface area contributed by atoms with Crippen LogP contribution in [0.1, 0.15) is 25.8 Å². The monoisotopic (exact) mass is 287 g/mol. The van der Waals surface area contributed by atoms with Crippen LogP contribution in [-0.2, 0) is 11.3 Å². The summed E-state index contributed by atoms with van der Waals surface area (Å²) in [6, 6.07) is 7.49. The van der Waals surface area contributed by atoms with Crippen molar-refractivity contribution in [1.82, 2.24) is 14.9 Å². The highest BCUT2D eigenvalue weighted by molar-refractivity contribution is 5.73. The van der Waals surface area contributed by atoms with Gasteiger partial charge >= 0.3 is 5.97 Å². The Bertz CT molecular complexity index is 562. The van der Waals surface area contributed by atoms with Crippen LogP contribution in [0.3, 0.4) is 0 Å². The van der Waals surface area contributed by atoms with Crippen molar-refractivity contribution >= 4 is 5.97 Å². The van der Waals surface area contributed by atoms with Gasteiger partial charge in [-0.25, -0.2) is 4.98 Å². The number of nitrogens with zero attached hydrogens (tertiary/aromatic N) is 2. The first kappa shape index (κ1) is 15.3. The van der Waals surface area contributed by atoms with Gasteiger partial charge in [0.15, 0.2) is 0 Å². The Morgan fingerprint density at radius 1 is 1.33 bits per heavy atom. The standard InChI is InChI=1S/C16H21N3O2/c1-12(2)9-15(16(20)21)18-10-13-3-5-14(6-4-13)19-8-7-17-11-19/h3-8,11-12,15,18H,9-10H2,1-2H3,(H,20,21)/t15-/m0/s1. The van der Waals surface area contributed by atoms with E-state index in [9.17, 15) is 9.90 Å². The van der Waals surface area contributed by atoms with Crippen LogP contribution in [0.2, 0.25) is 0 Å². The van der Waals surface area contributed by atoms with Crippen molar-refractivity contribution in [2.24, 2.45) is 5.92 Å². The second-order valence-electron chi connectivity index (χ2n) is 5.54. The largest absolute Gasteiger partial charge is 0.480 e. The third kappa shape index (κ3) is 4.43. The molecule has 1 heterocycles. The number of rotatable bonds is 7. The number of nitrogens with one attached hydrogen (secondary N) is 1. The number of carbonyl (C=O) groups is 1. The molecule has 0 fully saturated rings. The molecule has 0 saturated carbocycles. The molecule has 1 aromatic carbocycles. The molecule has 2 aromatic rings. The molecule has 5 heteroatoms. The Morgan fingerprint density at radius 2 is 2.05 bits per heavy atom. The zero-order valence-electron chi connectivity index (χ0n) is 12.4. The third-order valence-corrected chi connectivity index (χ3v) is 3.30. The number of imidazole rings is 1. The fourth-order valence-corrected chi connectivity index (χ4v) is 2.18. The lowest BCUT2D eigenvalue weighted by atomic mass is 10.0. The average molecular weight is 287 g/mol. The zero-order valence-corrected chi connectivity index (χ0v) is 12.4. The molecule has 0 saturated heterocycles. The van der Waals surface area contributed by atoms with Crippen molar-refractivity contribution in [3.8, 4) is 5.69 Å². The molecular formula is C16H21N3O2. The van der Waals surface area contributed by atoms with Crippen LogP contribution in [0, 0.1) is 5.92 Å². The van der Waals surface area contributed by atoms with Crippen LogP contribution in [-0.4, -0.2) is 26.7 Å². The highest BCUT2D eigenvalue weighted by Crippen LogP contribution is 2.10. The molecule has 21 heavy (non-hydrogen) atoms. The Labute approximate surface area is 124 Å². The van der Waals surface area contributed by atoms with Gasteiger partial charge in [0.1, 0.15) is 6.04 Å². The van der Waals surface area contributed by atoms with E-state index in [2.05, 4.69) is 10.3 Å². The zero-order chi connectivity index (χ0) is 15.2. The molecule has 112 valence electrons. The van der Waals surface area contributed by atoms with Gasteiger partial charge in [0.25, 0.3) is 0 Å². The Morgan fingerprint density at radius 3 is 2.57 bits per heavy atom. The lowest BCUT2D eigenvalue weighted by Gasteiger charge is -2.16. The van der Waals surface area contributed by atoms with E-state index in [1.807, 2.05) is 48.9 Å². The summed E-state index contributed by atoms with van der Waals surface area (Å²) in [4.78, 5) is 15.2. The normalized spacial score (nSPS) is 12.5. The minimum absolute atomic E-state index is 0.349. The molecule has 0 aliphatic carbocycles. The number of aliphatic carboxylic acids is 1. The van der Waals surface area contributed by atoms with Crippen LogP contribution in [0.15, 0.2) is 43.0 Å². The summed E-state index contributed by atoms with van der Waals surface area (Å²) in [7, 11) is 0. The van der Waals surface area contributed by atoms with E-state index in [1.54, 1.807) is 12.5 Å². The molecule has 0 aliphatic heterocycles. The number of carboxylic acids is 1. The van der Waals surface area contributed by atoms with Gasteiger partial charge in [0.05, 0.1) is 6.33 Å². The third-order valence-electron chi connectivity index (χ3n) is 3.30. The summed E-state index contributed by atoms with van der Waals surface area (Å²) in [5, 5.41) is 12.3. The van der Waals surface area contributed by atoms with Gasteiger partial charge in [-0.15, -0.1) is 0 Å². The maximum absolute atomic E-state index is 11.2. The summed E-state index contributed by atoms with van der Waals surface area (Å²) >= 11 is 0. The highest BCUT2D eigenvalue weighted by atomic mass is 16.4. The van der Waals surface area contributed by atoms with Crippen molar-refractivity contribution < 1.29 is 9.90 Å². The molecule has 0 bridgehead atoms. The quantitative estimate of drug-likeness (QED) is 0.821. The van der Waals surface area contributed by atoms with Crippen molar-refractivity contribution in [2.75, 3.05) is 0 Å². The smallest absolute Gasteiger partial charge is 0.320 e. The van der Waals surface area contributed by atoms with E-state index < -0.39 is 12.0 Å². The fourth-order valence-electron chi connectivity index (χ4n) is 2.18. The second-order valence-corrected chi connectivity index (χ2v) is 5.54. The first-order valence-corrected chi connectivity index (χ1v) is 7.09. The minimum Gasteiger partial charge on any atom is -0.480 e. The summed E-state index contributed by atoms with van der Waals surface area (Å²) in [5.74, 6) is -0.444. The van der Waals surface area contributed by atoms with E-state index in [4.69, 9.17) is 0 Å². The summed E-state index contributed by atoms with van der Waals surface area (Å²) < 4.78 is 1.93. The average Bonchev–Trinajstić information content (AvgIpc) is 2.97. The van der Waals surface area contributed by atoms with Crippen molar-refractivity contribution in [1.29, 1.82) is 0 Å². The molecule has 1 aromatic heterocycles. The Balaban J connectivity index is 1.95. The van der Waals surface area contributed by atoms with Crippen molar-refractivity contribution in [3.63, 3.8) is 0 Å². The van der Waals surface area contributed by atoms with Crippen molar-refractivity contribution in [3.05, 3.63) is 48.5 Å². The molecule has 1 atom stereocenters. The molecule has 0 aliphatic rings. The van der Waals surface area contributed by atoms with E-state index in [0.717, 1.165) is 11.3 Å². The number of benzene rings is 1. The summed E-state index contributed by atoms with van der Waals surface area (Å²) in [5.41, 5.74) is 2.10. The molecule has 2 N–H and O–H groups in total. The Kier molecular flexibility index (Phi) is 5.11. The lowest BCUT2D eigenvalue weighted by molar-refractivity contribution is -0.140. The maximum atomic E-state index is 11.2. The van der Waals surface area contributed by atoms with Crippen LogP contribution in [0.4, 0.5) is 0 Å². The number of aromatic nitrogens is 2. The van der Waals surface area contributed by atoms with Gasteiger partial charge < -0.3 is 15.0 Å². The lowest BCUT2D eigenvalue weighted by Crippen LogP contribution is -2.37. The predicted octanol–water partition coefficient (Wildman–Crippen LogP) is 2.46. The van der Waals surface area contributed by atoms with Crippen LogP contribution < -0.4 is 5.32 Å².